The van der Waals surface area contributed by atoms with Gasteiger partial charge in [0.05, 0.1) is 12.9 Å². The molecule has 0 heterocycles. The van der Waals surface area contributed by atoms with Crippen LogP contribution in [0, 0.1) is 6.08 Å². The standard InChI is InChI=1S/C5H7O/c1-6-5-3-2-4-5/h2-3H2,1H3. The second-order valence-electron chi connectivity index (χ2n) is 1.30. The Labute approximate surface area is 37.6 Å². The Bertz CT molecular complexity index is 74.0. The topological polar surface area (TPSA) is 9.23 Å². The lowest BCUT2D eigenvalue weighted by Crippen LogP contribution is -1.95. The molecule has 0 saturated carbocycles. The molecule has 0 atom stereocenters. The molecular weight excluding hydrogens is 76.1 g/mol. The zero-order chi connectivity index (χ0) is 4.41. The molecule has 1 heteroatoms. The minimum absolute atomic E-state index is 1.02. The van der Waals surface area contributed by atoms with Crippen molar-refractivity contribution in [3.63, 3.8) is 0 Å². The third kappa shape index (κ3) is 0.402. The van der Waals surface area contributed by atoms with Gasteiger partial charge in [0, 0.05) is 6.42 Å². The van der Waals surface area contributed by atoms with Crippen LogP contribution in [-0.2, 0) is 4.74 Å². The van der Waals surface area contributed by atoms with Crippen molar-refractivity contribution in [3.05, 3.63) is 11.8 Å². The first-order valence-electron chi connectivity index (χ1n) is 2.07. The molecule has 1 nitrogen and oxygen atoms in total. The van der Waals surface area contributed by atoms with Crippen molar-refractivity contribution >= 4 is 0 Å². The first kappa shape index (κ1) is 3.72. The summed E-state index contributed by atoms with van der Waals surface area (Å²) in [6, 6.07) is 0. The fourth-order valence-corrected chi connectivity index (χ4v) is 0.401. The van der Waals surface area contributed by atoms with E-state index < -0.39 is 0 Å². The van der Waals surface area contributed by atoms with E-state index in [0.29, 0.717) is 0 Å². The number of ether oxygens (including phenoxy) is 1. The summed E-state index contributed by atoms with van der Waals surface area (Å²) in [5, 5.41) is 0. The number of hydrogen-bond acceptors (Lipinski definition) is 1. The highest BCUT2D eigenvalue weighted by atomic mass is 16.5. The minimum Gasteiger partial charge on any atom is -0.501 e. The Morgan fingerprint density at radius 3 is 2.50 bits per heavy atom. The van der Waals surface area contributed by atoms with Gasteiger partial charge in [-0.3, -0.25) is 0 Å². The molecule has 1 radical (unpaired) electrons. The lowest BCUT2D eigenvalue weighted by atomic mass is 10.1. The quantitative estimate of drug-likeness (QED) is 0.461. The maximum atomic E-state index is 4.79. The molecule has 0 unspecified atom stereocenters. The maximum absolute atomic E-state index is 4.79. The van der Waals surface area contributed by atoms with Gasteiger partial charge < -0.3 is 4.74 Å². The highest BCUT2D eigenvalue weighted by molar-refractivity contribution is 4.96. The van der Waals surface area contributed by atoms with E-state index in [1.807, 2.05) is 0 Å². The molecule has 1 rings (SSSR count). The summed E-state index contributed by atoms with van der Waals surface area (Å²) in [6.07, 6.45) is 5.17. The fraction of sp³-hybridized carbons (Fsp3) is 0.600. The molecule has 0 bridgehead atoms. The summed E-state index contributed by atoms with van der Waals surface area (Å²) in [6.45, 7) is 0. The van der Waals surface area contributed by atoms with Crippen molar-refractivity contribution in [2.75, 3.05) is 7.11 Å². The summed E-state index contributed by atoms with van der Waals surface area (Å²) in [7, 11) is 1.68. The van der Waals surface area contributed by atoms with Crippen LogP contribution in [0.1, 0.15) is 12.8 Å². The summed E-state index contributed by atoms with van der Waals surface area (Å²) < 4.78 is 4.79. The maximum Gasteiger partial charge on any atom is 0.0994 e. The van der Waals surface area contributed by atoms with Crippen molar-refractivity contribution in [3.8, 4) is 0 Å². The second-order valence-corrected chi connectivity index (χ2v) is 1.30. The van der Waals surface area contributed by atoms with Crippen LogP contribution < -0.4 is 0 Å². The fourth-order valence-electron chi connectivity index (χ4n) is 0.401. The predicted molar refractivity (Wildman–Crippen MR) is 23.0 cm³/mol. The van der Waals surface area contributed by atoms with Gasteiger partial charge in [-0.1, -0.05) is 0 Å². The van der Waals surface area contributed by atoms with Gasteiger partial charge in [-0.2, -0.15) is 0 Å². The molecule has 0 aliphatic heterocycles. The average Bonchev–Trinajstić information content (AvgIpc) is 1.31. The summed E-state index contributed by atoms with van der Waals surface area (Å²) in [5.74, 6) is 1.02. The second kappa shape index (κ2) is 1.33. The van der Waals surface area contributed by atoms with Gasteiger partial charge in [0.25, 0.3) is 0 Å². The normalized spacial score (nSPS) is 18.5. The number of allylic oxidation sites excluding steroid dienone is 2. The Kier molecular flexibility index (Phi) is 0.825. The Hall–Kier alpha value is -0.460. The Morgan fingerprint density at radius 1 is 1.83 bits per heavy atom. The third-order valence-corrected chi connectivity index (χ3v) is 0.921. The van der Waals surface area contributed by atoms with E-state index in [0.717, 1.165) is 18.6 Å². The summed E-state index contributed by atoms with van der Waals surface area (Å²) >= 11 is 0. The molecule has 0 spiro atoms. The molecular formula is C5H7O. The van der Waals surface area contributed by atoms with Crippen LogP contribution in [0.15, 0.2) is 5.76 Å². The van der Waals surface area contributed by atoms with Crippen LogP contribution >= 0.6 is 0 Å². The van der Waals surface area contributed by atoms with Crippen molar-refractivity contribution in [1.29, 1.82) is 0 Å². The summed E-state index contributed by atoms with van der Waals surface area (Å²) in [4.78, 5) is 0. The van der Waals surface area contributed by atoms with Crippen LogP contribution in [0.5, 0.6) is 0 Å². The van der Waals surface area contributed by atoms with Crippen molar-refractivity contribution in [1.82, 2.24) is 0 Å². The smallest absolute Gasteiger partial charge is 0.0994 e. The van der Waals surface area contributed by atoms with Gasteiger partial charge >= 0.3 is 0 Å². The van der Waals surface area contributed by atoms with Crippen LogP contribution in [0.4, 0.5) is 0 Å². The van der Waals surface area contributed by atoms with E-state index in [1.165, 1.54) is 0 Å². The highest BCUT2D eigenvalue weighted by Crippen LogP contribution is 2.15. The first-order valence-corrected chi connectivity index (χ1v) is 2.07. The molecule has 0 N–H and O–H groups in total. The number of methoxy groups -OCH3 is 1. The van der Waals surface area contributed by atoms with E-state index in [4.69, 9.17) is 4.74 Å². The van der Waals surface area contributed by atoms with Crippen molar-refractivity contribution in [2.24, 2.45) is 0 Å². The van der Waals surface area contributed by atoms with E-state index in [9.17, 15) is 0 Å². The van der Waals surface area contributed by atoms with Gasteiger partial charge in [-0.15, -0.1) is 0 Å². The molecule has 1 aliphatic carbocycles. The van der Waals surface area contributed by atoms with E-state index in [-0.39, 0.29) is 0 Å². The van der Waals surface area contributed by atoms with Crippen LogP contribution in [0.3, 0.4) is 0 Å². The molecule has 0 aromatic heterocycles. The third-order valence-electron chi connectivity index (χ3n) is 0.921. The zero-order valence-electron chi connectivity index (χ0n) is 3.82. The highest BCUT2D eigenvalue weighted by Gasteiger charge is 2.02. The molecule has 0 aromatic rings. The SMILES string of the molecule is COC1=[C]CC1. The van der Waals surface area contributed by atoms with Crippen molar-refractivity contribution < 1.29 is 4.74 Å². The number of rotatable bonds is 1. The monoisotopic (exact) mass is 83.0 g/mol. The predicted octanol–water partition coefficient (Wildman–Crippen LogP) is 1.11. The van der Waals surface area contributed by atoms with Crippen molar-refractivity contribution in [2.45, 2.75) is 12.8 Å². The lowest BCUT2D eigenvalue weighted by molar-refractivity contribution is 0.256. The van der Waals surface area contributed by atoms with Crippen LogP contribution in [0.2, 0.25) is 0 Å². The molecule has 33 valence electrons. The van der Waals surface area contributed by atoms with Crippen LogP contribution in [0.25, 0.3) is 0 Å². The van der Waals surface area contributed by atoms with Gasteiger partial charge in [-0.05, 0) is 12.5 Å². The van der Waals surface area contributed by atoms with Gasteiger partial charge in [0.1, 0.15) is 0 Å². The summed E-state index contributed by atoms with van der Waals surface area (Å²) in [5.41, 5.74) is 0. The molecule has 6 heavy (non-hydrogen) atoms. The molecule has 0 saturated heterocycles. The minimum atomic E-state index is 1.02. The van der Waals surface area contributed by atoms with Crippen LogP contribution in [-0.4, -0.2) is 7.11 Å². The Morgan fingerprint density at radius 2 is 2.50 bits per heavy atom. The van der Waals surface area contributed by atoms with Gasteiger partial charge in [-0.25, -0.2) is 0 Å². The average molecular weight is 83.1 g/mol. The van der Waals surface area contributed by atoms with E-state index >= 15 is 0 Å². The van der Waals surface area contributed by atoms with Gasteiger partial charge in [0.2, 0.25) is 0 Å². The van der Waals surface area contributed by atoms with E-state index in [1.54, 1.807) is 7.11 Å². The first-order chi connectivity index (χ1) is 2.93. The molecule has 0 amide bonds. The van der Waals surface area contributed by atoms with E-state index in [2.05, 4.69) is 6.08 Å². The largest absolute Gasteiger partial charge is 0.501 e. The number of hydrogen-bond donors (Lipinski definition) is 0. The zero-order valence-corrected chi connectivity index (χ0v) is 3.82. The van der Waals surface area contributed by atoms with Gasteiger partial charge in [0.15, 0.2) is 0 Å². The Balaban J connectivity index is 2.32. The molecule has 0 aromatic carbocycles. The molecule has 1 aliphatic rings. The lowest BCUT2D eigenvalue weighted by Gasteiger charge is -2.09. The molecule has 0 fully saturated rings.